The Balaban J connectivity index is 6.45. The van der Waals surface area contributed by atoms with Gasteiger partial charge in [0.05, 0.1) is 32.1 Å². The van der Waals surface area contributed by atoms with E-state index in [1.54, 1.807) is 27.7 Å². The van der Waals surface area contributed by atoms with Crippen LogP contribution in [0.25, 0.3) is 0 Å². The molecule has 0 fully saturated rings. The largest absolute Gasteiger partial charge is 0.481 e. The molecule has 13 atom stereocenters. The van der Waals surface area contributed by atoms with Gasteiger partial charge in [-0.25, -0.2) is 4.79 Å². The lowest BCUT2D eigenvalue weighted by Gasteiger charge is -2.27. The molecule has 41 heteroatoms. The van der Waals surface area contributed by atoms with E-state index >= 15 is 0 Å². The van der Waals surface area contributed by atoms with Gasteiger partial charge in [0.1, 0.15) is 72.5 Å². The molecule has 95 heavy (non-hydrogen) atoms. The minimum atomic E-state index is -2.12. The van der Waals surface area contributed by atoms with Crippen molar-refractivity contribution in [3.63, 3.8) is 0 Å². The maximum atomic E-state index is 13.9. The van der Waals surface area contributed by atoms with Gasteiger partial charge in [-0.1, -0.05) is 27.7 Å². The molecule has 0 aliphatic rings. The number of aliphatic hydroxyl groups excluding tert-OH is 2. The third kappa shape index (κ3) is 34.3. The van der Waals surface area contributed by atoms with E-state index in [2.05, 4.69) is 65.8 Å². The Morgan fingerprint density at radius 3 is 1.16 bits per heavy atom. The molecule has 14 amide bonds. The Hall–Kier alpha value is -9.51. The summed E-state index contributed by atoms with van der Waals surface area (Å²) >= 11 is 4.10. The first-order valence-corrected chi connectivity index (χ1v) is 30.3. The van der Waals surface area contributed by atoms with Crippen LogP contribution in [0.4, 0.5) is 0 Å². The van der Waals surface area contributed by atoms with E-state index in [-0.39, 0.29) is 50.5 Å². The number of hydrogen-bond acceptors (Lipinski definition) is 22. The molecule has 0 aromatic carbocycles. The van der Waals surface area contributed by atoms with Crippen LogP contribution in [0.2, 0.25) is 0 Å². The van der Waals surface area contributed by atoms with E-state index in [1.165, 1.54) is 6.92 Å². The van der Waals surface area contributed by atoms with Crippen LogP contribution < -0.4 is 92.1 Å². The third-order valence-corrected chi connectivity index (χ3v) is 13.7. The zero-order chi connectivity index (χ0) is 73.1. The number of guanidine groups is 1. The minimum Gasteiger partial charge on any atom is -0.481 e. The SMILES string of the molecule is CC(C)C[C@H](NC(=O)[C@H](C)NC(=O)[C@H](CO)NC(=O)[C@H](CC(N)=O)NC(=O)[C@H](CC(=O)O)NC(=O)[C@H](C)NC(=O)[C@H](CCC(N)=O)NC(=O)[C@H](CS)NC(=O)[C@H](CO)NC(=O)[C@H](CCCNC(=N)N)NC(=O)[C@H](CC(C)C)NC(=O)[C@H](C)NC(=O)[C@@H](N)CCC(=O)O)C(=O)O. The summed E-state index contributed by atoms with van der Waals surface area (Å²) in [4.78, 5) is 219. The minimum absolute atomic E-state index is 0.00933. The second-order valence-electron chi connectivity index (χ2n) is 22.7. The van der Waals surface area contributed by atoms with Gasteiger partial charge in [-0.3, -0.25) is 82.1 Å². The molecule has 40 nitrogen and oxygen atoms in total. The first-order chi connectivity index (χ1) is 44.2. The number of carbonyl (C=O) groups is 17. The number of thiol groups is 1. The molecule has 0 radical (unpaired) electrons. The number of carboxylic acid groups (broad SMARTS) is 3. The molecule has 0 aromatic heterocycles. The van der Waals surface area contributed by atoms with Crippen molar-refractivity contribution in [3.8, 4) is 0 Å². The molecule has 0 aromatic rings. The molecular weight excluding hydrogens is 1280 g/mol. The van der Waals surface area contributed by atoms with Gasteiger partial charge in [-0.2, -0.15) is 12.6 Å². The average Bonchev–Trinajstić information content (AvgIpc) is 0.988. The van der Waals surface area contributed by atoms with Crippen molar-refractivity contribution in [3.05, 3.63) is 0 Å². The van der Waals surface area contributed by atoms with Gasteiger partial charge >= 0.3 is 17.9 Å². The van der Waals surface area contributed by atoms with E-state index in [9.17, 15) is 102 Å². The fourth-order valence-corrected chi connectivity index (χ4v) is 8.46. The van der Waals surface area contributed by atoms with Crippen molar-refractivity contribution in [2.75, 3.05) is 25.5 Å². The van der Waals surface area contributed by atoms with Gasteiger partial charge < -0.3 is 118 Å². The maximum Gasteiger partial charge on any atom is 0.326 e. The van der Waals surface area contributed by atoms with Gasteiger partial charge in [0.2, 0.25) is 82.7 Å². The summed E-state index contributed by atoms with van der Waals surface area (Å²) in [5, 5.41) is 85.0. The number of aliphatic carboxylic acids is 3. The van der Waals surface area contributed by atoms with Crippen LogP contribution in [0.3, 0.4) is 0 Å². The highest BCUT2D eigenvalue weighted by Gasteiger charge is 2.37. The first kappa shape index (κ1) is 85.5. The molecule has 0 saturated carbocycles. The quantitative estimate of drug-likeness (QED) is 0.0116. The molecule has 0 heterocycles. The highest BCUT2D eigenvalue weighted by molar-refractivity contribution is 7.80. The van der Waals surface area contributed by atoms with Gasteiger partial charge in [-0.15, -0.1) is 0 Å². The van der Waals surface area contributed by atoms with Crippen molar-refractivity contribution < 1.29 is 107 Å². The van der Waals surface area contributed by atoms with Crippen molar-refractivity contribution in [1.82, 2.24) is 69.1 Å². The summed E-state index contributed by atoms with van der Waals surface area (Å²) in [5.74, 6) is -21.7. The highest BCUT2D eigenvalue weighted by atomic mass is 32.1. The highest BCUT2D eigenvalue weighted by Crippen LogP contribution is 2.10. The standard InChI is InChI=1S/C54H92N18O22S/c1-22(2)15-30(66-41(81)24(5)61-44(84)27(55)10-13-39(77)78)47(87)64-28(9-8-14-60-54(58)59)46(86)70-35(20-74)51(91)72-36(21-95)52(92)65-29(11-12-37(56)75)45(85)62-25(6)42(82)67-32(18-40(79)80)49(89)68-31(17-38(57)76)48(88)71-34(19-73)50(90)63-26(7)43(83)69-33(53(93)94)16-23(3)4/h22-36,73-74,95H,8-21,55H2,1-7H3,(H2,56,75)(H2,57,76)(H,61,84)(H,62,85)(H,63,90)(H,64,87)(H,65,92)(H,66,81)(H,67,82)(H,68,89)(H,69,83)(H,70,86)(H,71,88)(H,72,91)(H,77,78)(H,79,80)(H,93,94)(H4,58,59,60)/t24-,25-,26-,27-,28-,29-,30-,31-,32-,33-,34-,35-,36-/m0/s1. The van der Waals surface area contributed by atoms with Crippen molar-refractivity contribution in [1.29, 1.82) is 5.41 Å². The monoisotopic (exact) mass is 1380 g/mol. The second kappa shape index (κ2) is 43.4. The van der Waals surface area contributed by atoms with Crippen LogP contribution >= 0.6 is 12.6 Å². The number of amides is 14. The molecule has 0 aliphatic heterocycles. The van der Waals surface area contributed by atoms with Gasteiger partial charge in [0.15, 0.2) is 5.96 Å². The third-order valence-electron chi connectivity index (χ3n) is 13.4. The number of nitrogens with two attached hydrogens (primary N) is 4. The zero-order valence-electron chi connectivity index (χ0n) is 53.5. The number of hydrogen-bond donors (Lipinski definition) is 24. The Kier molecular flexibility index (Phi) is 39.1. The number of primary amides is 2. The number of rotatable bonds is 46. The fraction of sp³-hybridized carbons (Fsp3) is 0.667. The molecule has 0 aliphatic carbocycles. The Labute approximate surface area is 550 Å². The zero-order valence-corrected chi connectivity index (χ0v) is 54.4. The molecule has 27 N–H and O–H groups in total. The van der Waals surface area contributed by atoms with E-state index in [4.69, 9.17) is 33.5 Å². The number of nitrogens with one attached hydrogen (secondary N) is 14. The van der Waals surface area contributed by atoms with Crippen molar-refractivity contribution >= 4 is 119 Å². The Morgan fingerprint density at radius 1 is 0.389 bits per heavy atom. The lowest BCUT2D eigenvalue weighted by Crippen LogP contribution is -2.61. The molecular formula is C54H92N18O22S. The second-order valence-corrected chi connectivity index (χ2v) is 23.0. The van der Waals surface area contributed by atoms with Crippen LogP contribution in [-0.4, -0.2) is 236 Å². The normalized spacial score (nSPS) is 15.1. The summed E-state index contributed by atoms with van der Waals surface area (Å²) in [5.41, 5.74) is 21.7. The summed E-state index contributed by atoms with van der Waals surface area (Å²) < 4.78 is 0. The molecule has 0 saturated heterocycles. The molecule has 0 spiro atoms. The molecule has 0 bridgehead atoms. The topological polar surface area (TPSA) is 676 Å². The van der Waals surface area contributed by atoms with Crippen LogP contribution in [0, 0.1) is 17.2 Å². The smallest absolute Gasteiger partial charge is 0.326 e. The van der Waals surface area contributed by atoms with E-state index in [1.807, 2.05) is 16.0 Å². The summed E-state index contributed by atoms with van der Waals surface area (Å²) in [6, 6.07) is -21.5. The Bertz CT molecular complexity index is 2760. The maximum absolute atomic E-state index is 13.9. The van der Waals surface area contributed by atoms with Crippen molar-refractivity contribution in [2.45, 2.75) is 191 Å². The number of carboxylic acids is 3. The first-order valence-electron chi connectivity index (χ1n) is 29.7. The van der Waals surface area contributed by atoms with Gasteiger partial charge in [0.25, 0.3) is 0 Å². The molecule has 536 valence electrons. The molecule has 0 unspecified atom stereocenters. The average molecular weight is 1380 g/mol. The number of carbonyl (C=O) groups excluding carboxylic acids is 14. The summed E-state index contributed by atoms with van der Waals surface area (Å²) in [6.45, 7) is 7.93. The van der Waals surface area contributed by atoms with Crippen LogP contribution in [0.5, 0.6) is 0 Å². The predicted octanol–water partition coefficient (Wildman–Crippen LogP) is -9.97. The molecule has 0 rings (SSSR count). The van der Waals surface area contributed by atoms with Crippen LogP contribution in [0.15, 0.2) is 0 Å². The summed E-state index contributed by atoms with van der Waals surface area (Å²) in [6.07, 6.45) is -4.29. The lowest BCUT2D eigenvalue weighted by molar-refractivity contribution is -0.143. The Morgan fingerprint density at radius 2 is 0.737 bits per heavy atom. The van der Waals surface area contributed by atoms with Crippen molar-refractivity contribution in [2.24, 2.45) is 34.8 Å². The predicted molar refractivity (Wildman–Crippen MR) is 333 cm³/mol. The fourth-order valence-electron chi connectivity index (χ4n) is 8.21. The van der Waals surface area contributed by atoms with Gasteiger partial charge in [-0.05, 0) is 71.1 Å². The number of aliphatic hydroxyl groups is 2. The lowest BCUT2D eigenvalue weighted by atomic mass is 10.0. The van der Waals surface area contributed by atoms with E-state index < -0.39 is 236 Å². The van der Waals surface area contributed by atoms with E-state index in [0.29, 0.717) is 0 Å². The van der Waals surface area contributed by atoms with Gasteiger partial charge in [0, 0.05) is 25.1 Å². The summed E-state index contributed by atoms with van der Waals surface area (Å²) in [7, 11) is 0. The van der Waals surface area contributed by atoms with Crippen LogP contribution in [-0.2, 0) is 81.5 Å². The van der Waals surface area contributed by atoms with Crippen LogP contribution in [0.1, 0.15) is 113 Å². The van der Waals surface area contributed by atoms with E-state index in [0.717, 1.165) is 13.8 Å².